The van der Waals surface area contributed by atoms with E-state index in [1.165, 1.54) is 0 Å². The van der Waals surface area contributed by atoms with Crippen LogP contribution >= 0.6 is 0 Å². The van der Waals surface area contributed by atoms with Gasteiger partial charge in [-0.15, -0.1) is 11.2 Å². The number of rotatable bonds is 2. The van der Waals surface area contributed by atoms with Crippen molar-refractivity contribution in [1.82, 2.24) is 0 Å². The molecule has 5 heteroatoms. The summed E-state index contributed by atoms with van der Waals surface area (Å²) in [6.45, 7) is 9.79. The molecule has 0 aliphatic heterocycles. The number of hydrogen-bond donors (Lipinski definition) is 0. The summed E-state index contributed by atoms with van der Waals surface area (Å²) in [5.41, 5.74) is -1.50. The average Bonchev–Trinajstić information content (AvgIpc) is 1.80. The van der Waals surface area contributed by atoms with Gasteiger partial charge in [-0.25, -0.2) is 0 Å². The minimum atomic E-state index is -0.782. The van der Waals surface area contributed by atoms with Crippen molar-refractivity contribution in [3.05, 3.63) is 0 Å². The SMILES string of the molecule is CC(C)(C)[O-].CC(C)(C)[O-].C[O][Zr+2][O]C. The predicted octanol–water partition coefficient (Wildman–Crippen LogP) is 0.482. The van der Waals surface area contributed by atoms with Gasteiger partial charge in [0.1, 0.15) is 0 Å². The third-order valence-electron chi connectivity index (χ3n) is 0.167. The second-order valence-electron chi connectivity index (χ2n) is 4.72. The Labute approximate surface area is 107 Å². The van der Waals surface area contributed by atoms with Gasteiger partial charge >= 0.3 is 44.0 Å². The molecule has 0 rings (SSSR count). The molecule has 0 aliphatic carbocycles. The molecule has 0 aromatic carbocycles. The zero-order chi connectivity index (χ0) is 13.1. The molecule has 0 atom stereocenters. The van der Waals surface area contributed by atoms with Gasteiger partial charge in [-0.05, 0) is 0 Å². The van der Waals surface area contributed by atoms with Crippen molar-refractivity contribution >= 4 is 0 Å². The van der Waals surface area contributed by atoms with Gasteiger partial charge in [0.25, 0.3) is 0 Å². The van der Waals surface area contributed by atoms with Crippen molar-refractivity contribution in [2.45, 2.75) is 52.7 Å². The van der Waals surface area contributed by atoms with E-state index < -0.39 is 35.3 Å². The van der Waals surface area contributed by atoms with Crippen molar-refractivity contribution in [3.8, 4) is 0 Å². The van der Waals surface area contributed by atoms with E-state index in [0.717, 1.165) is 0 Å². The molecule has 0 aromatic rings. The molecule has 0 heterocycles. The zero-order valence-corrected chi connectivity index (χ0v) is 13.6. The van der Waals surface area contributed by atoms with Crippen LogP contribution in [-0.4, -0.2) is 25.4 Å². The van der Waals surface area contributed by atoms with Crippen LogP contribution in [0.25, 0.3) is 0 Å². The van der Waals surface area contributed by atoms with E-state index in [1.54, 1.807) is 55.8 Å². The van der Waals surface area contributed by atoms with E-state index in [1.807, 2.05) is 0 Å². The van der Waals surface area contributed by atoms with E-state index in [4.69, 9.17) is 0 Å². The molecule has 0 bridgehead atoms. The van der Waals surface area contributed by atoms with Gasteiger partial charge in [0.15, 0.2) is 0 Å². The fourth-order valence-corrected chi connectivity index (χ4v) is 0.493. The van der Waals surface area contributed by atoms with E-state index in [9.17, 15) is 10.2 Å². The summed E-state index contributed by atoms with van der Waals surface area (Å²) in [4.78, 5) is 0. The Hall–Kier alpha value is 0.723. The average molecular weight is 300 g/mol. The van der Waals surface area contributed by atoms with Crippen LogP contribution in [0, 0.1) is 0 Å². The summed E-state index contributed by atoms with van der Waals surface area (Å²) >= 11 is -0.782. The van der Waals surface area contributed by atoms with Gasteiger partial charge in [-0.2, -0.15) is 0 Å². The molecule has 0 amide bonds. The van der Waals surface area contributed by atoms with Crippen LogP contribution in [0.2, 0.25) is 0 Å². The van der Waals surface area contributed by atoms with E-state index in [0.29, 0.717) is 0 Å². The molecular formula is C10H24O4Zr. The van der Waals surface area contributed by atoms with Crippen LogP contribution in [0.5, 0.6) is 0 Å². The van der Waals surface area contributed by atoms with Crippen molar-refractivity contribution in [1.29, 1.82) is 0 Å². The summed E-state index contributed by atoms with van der Waals surface area (Å²) in [6, 6.07) is 0. The van der Waals surface area contributed by atoms with Gasteiger partial charge in [-0.3, -0.25) is 0 Å². The molecule has 0 N–H and O–H groups in total. The molecule has 0 radical (unpaired) electrons. The second kappa shape index (κ2) is 11.2. The summed E-state index contributed by atoms with van der Waals surface area (Å²) < 4.78 is 9.28. The molecule has 0 aliphatic rings. The first-order valence-electron chi connectivity index (χ1n) is 4.63. The van der Waals surface area contributed by atoms with E-state index in [-0.39, 0.29) is 0 Å². The Balaban J connectivity index is -0.000000144. The topological polar surface area (TPSA) is 64.6 Å². The van der Waals surface area contributed by atoms with Crippen LogP contribution in [0.1, 0.15) is 41.5 Å². The van der Waals surface area contributed by atoms with Gasteiger partial charge in [0.2, 0.25) is 0 Å². The van der Waals surface area contributed by atoms with Crippen LogP contribution < -0.4 is 10.2 Å². The first-order chi connectivity index (χ1) is 6.41. The van der Waals surface area contributed by atoms with Gasteiger partial charge in [0.05, 0.1) is 0 Å². The van der Waals surface area contributed by atoms with Crippen molar-refractivity contribution < 1.29 is 40.0 Å². The third kappa shape index (κ3) is 321. The molecule has 0 saturated heterocycles. The molecule has 0 saturated carbocycles. The molecule has 0 spiro atoms. The van der Waals surface area contributed by atoms with Crippen molar-refractivity contribution in [2.75, 3.05) is 14.2 Å². The summed E-state index contributed by atoms with van der Waals surface area (Å²) in [5.74, 6) is 0. The van der Waals surface area contributed by atoms with Crippen LogP contribution in [-0.2, 0) is 29.7 Å². The predicted molar refractivity (Wildman–Crippen MR) is 53.5 cm³/mol. The monoisotopic (exact) mass is 298 g/mol. The minimum absolute atomic E-state index is 0.750. The van der Waals surface area contributed by atoms with Gasteiger partial charge < -0.3 is 10.2 Å². The van der Waals surface area contributed by atoms with Crippen LogP contribution in [0.4, 0.5) is 0 Å². The van der Waals surface area contributed by atoms with Crippen molar-refractivity contribution in [2.24, 2.45) is 0 Å². The quantitative estimate of drug-likeness (QED) is 0.744. The normalized spacial score (nSPS) is 10.3. The number of hydrogen-bond acceptors (Lipinski definition) is 4. The maximum atomic E-state index is 10.1. The van der Waals surface area contributed by atoms with Crippen molar-refractivity contribution in [3.63, 3.8) is 0 Å². The molecule has 4 nitrogen and oxygen atoms in total. The fraction of sp³-hybridized carbons (Fsp3) is 1.00. The first-order valence-corrected chi connectivity index (χ1v) is 6.64. The Morgan fingerprint density at radius 3 is 0.867 bits per heavy atom. The summed E-state index contributed by atoms with van der Waals surface area (Å²) in [7, 11) is 3.32. The maximum absolute atomic E-state index is 10.1. The molecule has 92 valence electrons. The van der Waals surface area contributed by atoms with Crippen LogP contribution in [0.3, 0.4) is 0 Å². The standard InChI is InChI=1S/2C4H9O.2CH3O.Zr/c2*1-4(2,3)5;2*1-2;/h2*1-3H3;2*1H3;/q4*-1;+4. The fourth-order valence-electron chi connectivity index (χ4n) is 0.0833. The Morgan fingerprint density at radius 2 is 0.867 bits per heavy atom. The summed E-state index contributed by atoms with van der Waals surface area (Å²) in [5, 5.41) is 20.2. The Kier molecular flexibility index (Phi) is 15.7. The Bertz CT molecular complexity index is 89.6. The zero-order valence-electron chi connectivity index (χ0n) is 11.1. The second-order valence-corrected chi connectivity index (χ2v) is 7.13. The molecule has 0 fully saturated rings. The third-order valence-corrected chi connectivity index (χ3v) is 0.986. The molecule has 15 heavy (non-hydrogen) atoms. The van der Waals surface area contributed by atoms with Gasteiger partial charge in [-0.1, -0.05) is 41.5 Å². The first kappa shape index (κ1) is 21.1. The molecule has 0 aromatic heterocycles. The summed E-state index contributed by atoms with van der Waals surface area (Å²) in [6.07, 6.45) is 0. The van der Waals surface area contributed by atoms with Gasteiger partial charge in [0, 0.05) is 0 Å². The Morgan fingerprint density at radius 1 is 0.733 bits per heavy atom. The molecule has 0 unspecified atom stereocenters. The van der Waals surface area contributed by atoms with E-state index in [2.05, 4.69) is 5.63 Å². The van der Waals surface area contributed by atoms with Crippen LogP contribution in [0.15, 0.2) is 0 Å². The molecular weight excluding hydrogens is 275 g/mol. The van der Waals surface area contributed by atoms with E-state index >= 15 is 0 Å².